The summed E-state index contributed by atoms with van der Waals surface area (Å²) in [5.41, 5.74) is 1.60. The van der Waals surface area contributed by atoms with Crippen molar-refractivity contribution in [3.8, 4) is 0 Å². The highest BCUT2D eigenvalue weighted by molar-refractivity contribution is 7.91. The zero-order valence-corrected chi connectivity index (χ0v) is 16.2. The Morgan fingerprint density at radius 1 is 1.26 bits per heavy atom. The van der Waals surface area contributed by atoms with Gasteiger partial charge in [0.05, 0.1) is 23.5 Å². The van der Waals surface area contributed by atoms with E-state index in [0.717, 1.165) is 11.3 Å². The topological polar surface area (TPSA) is 87.9 Å². The van der Waals surface area contributed by atoms with Gasteiger partial charge in [-0.15, -0.1) is 0 Å². The summed E-state index contributed by atoms with van der Waals surface area (Å²) in [6, 6.07) is 8.28. The molecule has 27 heavy (non-hydrogen) atoms. The van der Waals surface area contributed by atoms with Crippen molar-refractivity contribution in [1.82, 2.24) is 4.90 Å². The summed E-state index contributed by atoms with van der Waals surface area (Å²) in [5.74, 6) is 0.0552. The summed E-state index contributed by atoms with van der Waals surface area (Å²) in [6.45, 7) is 2.35. The normalized spacial score (nSPS) is 13.5. The minimum Gasteiger partial charge on any atom is -0.467 e. The number of anilines is 1. The summed E-state index contributed by atoms with van der Waals surface area (Å²) in [6.07, 6.45) is 2.05. The van der Waals surface area contributed by atoms with E-state index >= 15 is 0 Å². The van der Waals surface area contributed by atoms with E-state index in [1.165, 1.54) is 24.2 Å². The molecule has 0 saturated heterocycles. The Labute approximate surface area is 158 Å². The van der Waals surface area contributed by atoms with Crippen LogP contribution in [0.4, 0.5) is 5.69 Å². The Kier molecular flexibility index (Phi) is 5.36. The molecule has 0 saturated carbocycles. The molecule has 2 heterocycles. The number of hydrogen-bond donors (Lipinski definition) is 0. The predicted molar refractivity (Wildman–Crippen MR) is 100 cm³/mol. The van der Waals surface area contributed by atoms with Crippen LogP contribution in [0.25, 0.3) is 0 Å². The molecule has 2 aromatic rings. The van der Waals surface area contributed by atoms with Gasteiger partial charge >= 0.3 is 0 Å². The van der Waals surface area contributed by atoms with Crippen LogP contribution < -0.4 is 4.90 Å². The number of furan rings is 1. The van der Waals surface area contributed by atoms with Gasteiger partial charge in [0.15, 0.2) is 9.84 Å². The zero-order chi connectivity index (χ0) is 19.6. The number of carbonyl (C=O) groups is 2. The SMILES string of the molecule is CC(=O)N1CCc2cc(S(=O)(=O)CCC(=O)N(C)Cc3ccco3)ccc21. The molecule has 0 atom stereocenters. The van der Waals surface area contributed by atoms with E-state index in [0.29, 0.717) is 25.3 Å². The Hall–Kier alpha value is -2.61. The number of fused-ring (bicyclic) bond motifs is 1. The molecule has 1 aliphatic rings. The lowest BCUT2D eigenvalue weighted by Gasteiger charge is -2.16. The standard InChI is InChI=1S/C19H22N2O5S/c1-14(22)21-9-7-15-12-17(5-6-18(15)21)27(24,25)11-8-19(23)20(2)13-16-4-3-10-26-16/h3-6,10,12H,7-9,11,13H2,1-2H3. The molecule has 0 aliphatic carbocycles. The van der Waals surface area contributed by atoms with Crippen molar-refractivity contribution in [3.63, 3.8) is 0 Å². The molecule has 144 valence electrons. The third-order valence-electron chi connectivity index (χ3n) is 4.67. The van der Waals surface area contributed by atoms with Gasteiger partial charge in [0.25, 0.3) is 0 Å². The van der Waals surface area contributed by atoms with Crippen molar-refractivity contribution >= 4 is 27.3 Å². The number of amides is 2. The molecule has 0 N–H and O–H groups in total. The summed E-state index contributed by atoms with van der Waals surface area (Å²) in [4.78, 5) is 27.1. The summed E-state index contributed by atoms with van der Waals surface area (Å²) in [5, 5.41) is 0. The average molecular weight is 390 g/mol. The van der Waals surface area contributed by atoms with Gasteiger partial charge in [-0.25, -0.2) is 8.42 Å². The van der Waals surface area contributed by atoms with Crippen molar-refractivity contribution in [3.05, 3.63) is 47.9 Å². The van der Waals surface area contributed by atoms with Gasteiger partial charge < -0.3 is 14.2 Å². The molecule has 0 fully saturated rings. The quantitative estimate of drug-likeness (QED) is 0.753. The Morgan fingerprint density at radius 3 is 2.70 bits per heavy atom. The Bertz CT molecular complexity index is 950. The fourth-order valence-corrected chi connectivity index (χ4v) is 4.43. The smallest absolute Gasteiger partial charge is 0.223 e. The van der Waals surface area contributed by atoms with Crippen molar-refractivity contribution in [2.24, 2.45) is 0 Å². The van der Waals surface area contributed by atoms with Crippen LogP contribution in [0.2, 0.25) is 0 Å². The van der Waals surface area contributed by atoms with Crippen molar-refractivity contribution in [1.29, 1.82) is 0 Å². The first-order chi connectivity index (χ1) is 12.8. The van der Waals surface area contributed by atoms with E-state index in [2.05, 4.69) is 0 Å². The molecule has 2 amide bonds. The van der Waals surface area contributed by atoms with E-state index < -0.39 is 9.84 Å². The van der Waals surface area contributed by atoms with Crippen LogP contribution in [-0.4, -0.2) is 44.5 Å². The molecule has 1 aromatic carbocycles. The Balaban J connectivity index is 1.65. The lowest BCUT2D eigenvalue weighted by molar-refractivity contribution is -0.130. The number of nitrogens with zero attached hydrogens (tertiary/aromatic N) is 2. The minimum atomic E-state index is -3.58. The van der Waals surface area contributed by atoms with Gasteiger partial charge in [-0.3, -0.25) is 9.59 Å². The van der Waals surface area contributed by atoms with Crippen LogP contribution >= 0.6 is 0 Å². The van der Waals surface area contributed by atoms with Crippen molar-refractivity contribution < 1.29 is 22.4 Å². The highest BCUT2D eigenvalue weighted by Crippen LogP contribution is 2.30. The first kappa shape index (κ1) is 19.2. The molecular weight excluding hydrogens is 368 g/mol. The third kappa shape index (κ3) is 4.21. The van der Waals surface area contributed by atoms with Crippen LogP contribution in [0.1, 0.15) is 24.7 Å². The number of sulfone groups is 1. The lowest BCUT2D eigenvalue weighted by Crippen LogP contribution is -2.27. The van der Waals surface area contributed by atoms with E-state index in [9.17, 15) is 18.0 Å². The second kappa shape index (κ2) is 7.56. The number of benzene rings is 1. The van der Waals surface area contributed by atoms with Gasteiger partial charge in [0.2, 0.25) is 11.8 Å². The number of hydrogen-bond acceptors (Lipinski definition) is 5. The fraction of sp³-hybridized carbons (Fsp3) is 0.368. The van der Waals surface area contributed by atoms with Crippen LogP contribution in [0.3, 0.4) is 0 Å². The fourth-order valence-electron chi connectivity index (χ4n) is 3.15. The maximum absolute atomic E-state index is 12.6. The number of rotatable bonds is 6. The molecule has 1 aromatic heterocycles. The molecule has 1 aliphatic heterocycles. The molecular formula is C19H22N2O5S. The largest absolute Gasteiger partial charge is 0.467 e. The highest BCUT2D eigenvalue weighted by Gasteiger charge is 2.25. The molecule has 7 nitrogen and oxygen atoms in total. The van der Waals surface area contributed by atoms with Gasteiger partial charge in [-0.2, -0.15) is 0 Å². The van der Waals surface area contributed by atoms with Crippen molar-refractivity contribution in [2.45, 2.75) is 31.2 Å². The molecule has 0 spiro atoms. The predicted octanol–water partition coefficient (Wildman–Crippen LogP) is 2.01. The van der Waals surface area contributed by atoms with Crippen LogP contribution in [0, 0.1) is 0 Å². The van der Waals surface area contributed by atoms with Gasteiger partial charge in [-0.1, -0.05) is 0 Å². The first-order valence-corrected chi connectivity index (χ1v) is 10.3. The van der Waals surface area contributed by atoms with E-state index in [1.54, 1.807) is 36.2 Å². The van der Waals surface area contributed by atoms with Crippen LogP contribution in [-0.2, 0) is 32.4 Å². The summed E-state index contributed by atoms with van der Waals surface area (Å²) >= 11 is 0. The maximum Gasteiger partial charge on any atom is 0.223 e. The molecule has 8 heteroatoms. The zero-order valence-electron chi connectivity index (χ0n) is 15.3. The minimum absolute atomic E-state index is 0.0606. The Morgan fingerprint density at radius 2 is 2.04 bits per heavy atom. The third-order valence-corrected chi connectivity index (χ3v) is 6.38. The number of carbonyl (C=O) groups excluding carboxylic acids is 2. The van der Waals surface area contributed by atoms with Crippen LogP contribution in [0.15, 0.2) is 45.9 Å². The summed E-state index contributed by atoms with van der Waals surface area (Å²) in [7, 11) is -1.97. The second-order valence-electron chi connectivity index (χ2n) is 6.61. The summed E-state index contributed by atoms with van der Waals surface area (Å²) < 4.78 is 30.4. The second-order valence-corrected chi connectivity index (χ2v) is 8.72. The maximum atomic E-state index is 12.6. The monoisotopic (exact) mass is 390 g/mol. The first-order valence-electron chi connectivity index (χ1n) is 8.68. The highest BCUT2D eigenvalue weighted by atomic mass is 32.2. The van der Waals surface area contributed by atoms with Crippen LogP contribution in [0.5, 0.6) is 0 Å². The van der Waals surface area contributed by atoms with E-state index in [1.807, 2.05) is 0 Å². The van der Waals surface area contributed by atoms with E-state index in [-0.39, 0.29) is 28.9 Å². The lowest BCUT2D eigenvalue weighted by atomic mass is 10.2. The molecule has 0 bridgehead atoms. The van der Waals surface area contributed by atoms with Crippen molar-refractivity contribution in [2.75, 3.05) is 24.2 Å². The van der Waals surface area contributed by atoms with E-state index in [4.69, 9.17) is 4.42 Å². The molecule has 3 rings (SSSR count). The average Bonchev–Trinajstić information content (AvgIpc) is 3.28. The molecule has 0 radical (unpaired) electrons. The van der Waals surface area contributed by atoms with Gasteiger partial charge in [0.1, 0.15) is 5.76 Å². The molecule has 0 unspecified atom stereocenters. The van der Waals surface area contributed by atoms with Gasteiger partial charge in [-0.05, 0) is 42.3 Å². The van der Waals surface area contributed by atoms with Gasteiger partial charge in [0, 0.05) is 32.6 Å².